The zero-order chi connectivity index (χ0) is 13.1. The molecule has 2 rings (SSSR count). The Morgan fingerprint density at radius 2 is 2.11 bits per heavy atom. The predicted molar refractivity (Wildman–Crippen MR) is 74.4 cm³/mol. The molecule has 1 atom stereocenters. The largest absolute Gasteiger partial charge is 0.337 e. The Labute approximate surface area is 109 Å². The van der Waals surface area contributed by atoms with Crippen molar-refractivity contribution in [2.24, 2.45) is 7.05 Å². The van der Waals surface area contributed by atoms with Crippen LogP contribution in [0.2, 0.25) is 0 Å². The summed E-state index contributed by atoms with van der Waals surface area (Å²) in [5, 5.41) is 3.53. The first-order valence-electron chi connectivity index (χ1n) is 6.34. The second-order valence-corrected chi connectivity index (χ2v) is 4.92. The summed E-state index contributed by atoms with van der Waals surface area (Å²) >= 11 is 0. The van der Waals surface area contributed by atoms with E-state index >= 15 is 0 Å². The quantitative estimate of drug-likeness (QED) is 0.895. The van der Waals surface area contributed by atoms with Crippen LogP contribution in [-0.2, 0) is 13.6 Å². The van der Waals surface area contributed by atoms with Gasteiger partial charge in [0.1, 0.15) is 5.82 Å². The smallest absolute Gasteiger partial charge is 0.122 e. The average Bonchev–Trinajstić information content (AvgIpc) is 2.75. The number of nitrogens with one attached hydrogen (secondary N) is 1. The van der Waals surface area contributed by atoms with Gasteiger partial charge in [-0.25, -0.2) is 4.98 Å². The summed E-state index contributed by atoms with van der Waals surface area (Å²) in [6, 6.07) is 6.93. The molecule has 1 aromatic carbocycles. The van der Waals surface area contributed by atoms with Crippen molar-refractivity contribution in [1.82, 2.24) is 14.9 Å². The highest BCUT2D eigenvalue weighted by Crippen LogP contribution is 2.19. The fourth-order valence-electron chi connectivity index (χ4n) is 2.15. The molecule has 1 N–H and O–H groups in total. The molecule has 1 heterocycles. The Morgan fingerprint density at radius 3 is 2.78 bits per heavy atom. The first kappa shape index (κ1) is 12.8. The van der Waals surface area contributed by atoms with Gasteiger partial charge in [0, 0.05) is 25.5 Å². The molecule has 0 aliphatic rings. The molecule has 3 nitrogen and oxygen atoms in total. The SMILES string of the molecule is Cc1ccc(C)c(C(C)NCc2nccn2C)c1. The van der Waals surface area contributed by atoms with Crippen LogP contribution < -0.4 is 5.32 Å². The zero-order valence-electron chi connectivity index (χ0n) is 11.6. The third-order valence-corrected chi connectivity index (χ3v) is 3.39. The molecule has 0 aliphatic carbocycles. The van der Waals surface area contributed by atoms with E-state index in [1.165, 1.54) is 16.7 Å². The number of benzene rings is 1. The molecule has 96 valence electrons. The van der Waals surface area contributed by atoms with Crippen molar-refractivity contribution in [3.05, 3.63) is 53.1 Å². The number of aryl methyl sites for hydroxylation is 3. The number of imidazole rings is 1. The fraction of sp³-hybridized carbons (Fsp3) is 0.400. The van der Waals surface area contributed by atoms with E-state index in [0.717, 1.165) is 12.4 Å². The summed E-state index contributed by atoms with van der Waals surface area (Å²) < 4.78 is 2.04. The van der Waals surface area contributed by atoms with Crippen molar-refractivity contribution >= 4 is 0 Å². The van der Waals surface area contributed by atoms with Crippen molar-refractivity contribution in [3.8, 4) is 0 Å². The van der Waals surface area contributed by atoms with Crippen molar-refractivity contribution in [1.29, 1.82) is 0 Å². The molecule has 18 heavy (non-hydrogen) atoms. The maximum atomic E-state index is 4.32. The van der Waals surface area contributed by atoms with E-state index in [-0.39, 0.29) is 0 Å². The standard InChI is InChI=1S/C15H21N3/c1-11-5-6-12(2)14(9-11)13(3)17-10-15-16-7-8-18(15)4/h5-9,13,17H,10H2,1-4H3. The maximum Gasteiger partial charge on any atom is 0.122 e. The van der Waals surface area contributed by atoms with Crippen molar-refractivity contribution in [3.63, 3.8) is 0 Å². The molecule has 0 saturated heterocycles. The third kappa shape index (κ3) is 2.79. The normalized spacial score (nSPS) is 12.7. The molecule has 1 unspecified atom stereocenters. The van der Waals surface area contributed by atoms with E-state index in [4.69, 9.17) is 0 Å². The third-order valence-electron chi connectivity index (χ3n) is 3.39. The molecular formula is C15H21N3. The lowest BCUT2D eigenvalue weighted by atomic mass is 10.00. The van der Waals surface area contributed by atoms with Gasteiger partial charge in [-0.15, -0.1) is 0 Å². The number of hydrogen-bond acceptors (Lipinski definition) is 2. The Hall–Kier alpha value is -1.61. The van der Waals surface area contributed by atoms with Gasteiger partial charge in [-0.05, 0) is 31.9 Å². The number of aromatic nitrogens is 2. The molecule has 0 fully saturated rings. The summed E-state index contributed by atoms with van der Waals surface area (Å²) in [5.41, 5.74) is 4.01. The van der Waals surface area contributed by atoms with Gasteiger partial charge in [0.15, 0.2) is 0 Å². The number of hydrogen-bond donors (Lipinski definition) is 1. The predicted octanol–water partition coefficient (Wildman–Crippen LogP) is 2.89. The van der Waals surface area contributed by atoms with Gasteiger partial charge >= 0.3 is 0 Å². The van der Waals surface area contributed by atoms with E-state index < -0.39 is 0 Å². The molecule has 0 saturated carbocycles. The van der Waals surface area contributed by atoms with Crippen LogP contribution in [0.5, 0.6) is 0 Å². The molecule has 0 aliphatic heterocycles. The fourth-order valence-corrected chi connectivity index (χ4v) is 2.15. The molecule has 0 radical (unpaired) electrons. The molecular weight excluding hydrogens is 222 g/mol. The van der Waals surface area contributed by atoms with Crippen molar-refractivity contribution in [2.45, 2.75) is 33.4 Å². The first-order chi connectivity index (χ1) is 8.58. The molecule has 3 heteroatoms. The lowest BCUT2D eigenvalue weighted by Crippen LogP contribution is -2.21. The highest BCUT2D eigenvalue weighted by atomic mass is 15.1. The second kappa shape index (κ2) is 5.36. The van der Waals surface area contributed by atoms with Crippen molar-refractivity contribution < 1.29 is 0 Å². The van der Waals surface area contributed by atoms with Gasteiger partial charge in [-0.3, -0.25) is 0 Å². The Kier molecular flexibility index (Phi) is 3.82. The van der Waals surface area contributed by atoms with E-state index in [1.807, 2.05) is 24.0 Å². The van der Waals surface area contributed by atoms with Crippen molar-refractivity contribution in [2.75, 3.05) is 0 Å². The molecule has 0 bridgehead atoms. The topological polar surface area (TPSA) is 29.9 Å². The summed E-state index contributed by atoms with van der Waals surface area (Å²) in [7, 11) is 2.02. The monoisotopic (exact) mass is 243 g/mol. The van der Waals surface area contributed by atoms with Gasteiger partial charge < -0.3 is 9.88 Å². The minimum absolute atomic E-state index is 0.335. The summed E-state index contributed by atoms with van der Waals surface area (Å²) in [5.74, 6) is 1.06. The summed E-state index contributed by atoms with van der Waals surface area (Å²) in [6.07, 6.45) is 3.80. The van der Waals surface area contributed by atoms with Crippen LogP contribution in [0.4, 0.5) is 0 Å². The van der Waals surface area contributed by atoms with Gasteiger partial charge in [-0.1, -0.05) is 23.8 Å². The molecule has 1 aromatic heterocycles. The lowest BCUT2D eigenvalue weighted by molar-refractivity contribution is 0.547. The minimum atomic E-state index is 0.335. The first-order valence-corrected chi connectivity index (χ1v) is 6.34. The highest BCUT2D eigenvalue weighted by Gasteiger charge is 2.09. The summed E-state index contributed by atoms with van der Waals surface area (Å²) in [6.45, 7) is 7.28. The molecule has 0 amide bonds. The molecule has 2 aromatic rings. The lowest BCUT2D eigenvalue weighted by Gasteiger charge is -2.17. The van der Waals surface area contributed by atoms with Crippen LogP contribution in [0.15, 0.2) is 30.6 Å². The zero-order valence-corrected chi connectivity index (χ0v) is 11.6. The van der Waals surface area contributed by atoms with Gasteiger partial charge in [0.25, 0.3) is 0 Å². The highest BCUT2D eigenvalue weighted by molar-refractivity contribution is 5.32. The Balaban J connectivity index is 2.06. The van der Waals surface area contributed by atoms with E-state index in [1.54, 1.807) is 0 Å². The van der Waals surface area contributed by atoms with E-state index in [9.17, 15) is 0 Å². The second-order valence-electron chi connectivity index (χ2n) is 4.92. The van der Waals surface area contributed by atoms with Crippen LogP contribution in [0.25, 0.3) is 0 Å². The van der Waals surface area contributed by atoms with Crippen LogP contribution in [0, 0.1) is 13.8 Å². The van der Waals surface area contributed by atoms with Crippen LogP contribution >= 0.6 is 0 Å². The van der Waals surface area contributed by atoms with Crippen LogP contribution in [0.3, 0.4) is 0 Å². The Bertz CT molecular complexity index is 528. The summed E-state index contributed by atoms with van der Waals surface area (Å²) in [4.78, 5) is 4.32. The van der Waals surface area contributed by atoms with Gasteiger partial charge in [0.2, 0.25) is 0 Å². The van der Waals surface area contributed by atoms with Gasteiger partial charge in [0.05, 0.1) is 6.54 Å². The minimum Gasteiger partial charge on any atom is -0.337 e. The van der Waals surface area contributed by atoms with E-state index in [0.29, 0.717) is 6.04 Å². The molecule has 0 spiro atoms. The number of rotatable bonds is 4. The Morgan fingerprint density at radius 1 is 1.33 bits per heavy atom. The van der Waals surface area contributed by atoms with Gasteiger partial charge in [-0.2, -0.15) is 0 Å². The van der Waals surface area contributed by atoms with Crippen LogP contribution in [0.1, 0.15) is 35.5 Å². The maximum absolute atomic E-state index is 4.32. The average molecular weight is 243 g/mol. The number of nitrogens with zero attached hydrogens (tertiary/aromatic N) is 2. The van der Waals surface area contributed by atoms with E-state index in [2.05, 4.69) is 49.3 Å². The van der Waals surface area contributed by atoms with Crippen LogP contribution in [-0.4, -0.2) is 9.55 Å².